The van der Waals surface area contributed by atoms with Crippen molar-refractivity contribution in [2.24, 2.45) is 0 Å². The molecule has 2 heterocycles. The monoisotopic (exact) mass is 292 g/mol. The summed E-state index contributed by atoms with van der Waals surface area (Å²) in [4.78, 5) is 2.50. The van der Waals surface area contributed by atoms with Crippen LogP contribution in [0, 0.1) is 0 Å². The molecule has 1 aliphatic rings. The van der Waals surface area contributed by atoms with Gasteiger partial charge in [0.2, 0.25) is 0 Å². The summed E-state index contributed by atoms with van der Waals surface area (Å²) in [5.74, 6) is 0. The molecule has 0 amide bonds. The molecule has 108 valence electrons. The van der Waals surface area contributed by atoms with Crippen LogP contribution in [0.4, 0.5) is 0 Å². The quantitative estimate of drug-likeness (QED) is 0.940. The summed E-state index contributed by atoms with van der Waals surface area (Å²) in [6.07, 6.45) is 4.10. The Bertz CT molecular complexity index is 526. The molecular formula is C15H21ClN4. The van der Waals surface area contributed by atoms with E-state index in [1.54, 1.807) is 0 Å². The Morgan fingerprint density at radius 2 is 2.10 bits per heavy atom. The van der Waals surface area contributed by atoms with E-state index in [1.165, 1.54) is 5.56 Å². The zero-order valence-electron chi connectivity index (χ0n) is 11.7. The maximum absolute atomic E-state index is 4.45. The van der Waals surface area contributed by atoms with Crippen molar-refractivity contribution in [2.75, 3.05) is 19.6 Å². The van der Waals surface area contributed by atoms with E-state index in [2.05, 4.69) is 40.6 Å². The van der Waals surface area contributed by atoms with Gasteiger partial charge in [0.05, 0.1) is 11.9 Å². The van der Waals surface area contributed by atoms with Crippen LogP contribution in [0.3, 0.4) is 0 Å². The molecule has 0 saturated carbocycles. The zero-order chi connectivity index (χ0) is 13.1. The molecule has 5 heteroatoms. The first-order valence-electron chi connectivity index (χ1n) is 6.86. The van der Waals surface area contributed by atoms with Gasteiger partial charge < -0.3 is 5.32 Å². The summed E-state index contributed by atoms with van der Waals surface area (Å²) in [5, 5.41) is 7.87. The van der Waals surface area contributed by atoms with E-state index in [9.17, 15) is 0 Å². The van der Waals surface area contributed by atoms with Crippen LogP contribution in [0.1, 0.15) is 12.5 Å². The lowest BCUT2D eigenvalue weighted by atomic mass is 10.2. The molecule has 1 aromatic heterocycles. The molecule has 2 aromatic rings. The van der Waals surface area contributed by atoms with Gasteiger partial charge in [-0.2, -0.15) is 5.10 Å². The van der Waals surface area contributed by atoms with Crippen molar-refractivity contribution < 1.29 is 0 Å². The number of halogens is 1. The van der Waals surface area contributed by atoms with Crippen molar-refractivity contribution in [3.05, 3.63) is 48.3 Å². The van der Waals surface area contributed by atoms with Crippen LogP contribution in [-0.2, 0) is 6.54 Å². The third kappa shape index (κ3) is 3.39. The van der Waals surface area contributed by atoms with Crippen LogP contribution in [0.25, 0.3) is 5.69 Å². The van der Waals surface area contributed by atoms with E-state index in [0.29, 0.717) is 6.04 Å². The highest BCUT2D eigenvalue weighted by Gasteiger charge is 2.18. The largest absolute Gasteiger partial charge is 0.314 e. The predicted octanol–water partition coefficient (Wildman–Crippen LogP) is 2.09. The van der Waals surface area contributed by atoms with Gasteiger partial charge in [0.25, 0.3) is 0 Å². The SMILES string of the molecule is C[C@@H]1CNCCN1Cc1cnn(-c2ccccc2)c1.Cl. The van der Waals surface area contributed by atoms with Gasteiger partial charge >= 0.3 is 0 Å². The van der Waals surface area contributed by atoms with Crippen LogP contribution in [-0.4, -0.2) is 40.4 Å². The second kappa shape index (κ2) is 6.88. The summed E-state index contributed by atoms with van der Waals surface area (Å²) in [6.45, 7) is 6.52. The summed E-state index contributed by atoms with van der Waals surface area (Å²) < 4.78 is 1.95. The van der Waals surface area contributed by atoms with E-state index in [0.717, 1.165) is 31.9 Å². The predicted molar refractivity (Wildman–Crippen MR) is 83.6 cm³/mol. The highest BCUT2D eigenvalue weighted by Crippen LogP contribution is 2.12. The summed E-state index contributed by atoms with van der Waals surface area (Å²) in [5.41, 5.74) is 2.39. The Kier molecular flexibility index (Phi) is 5.17. The first-order valence-corrected chi connectivity index (χ1v) is 6.86. The molecule has 0 radical (unpaired) electrons. The number of para-hydroxylation sites is 1. The fourth-order valence-electron chi connectivity index (χ4n) is 2.52. The van der Waals surface area contributed by atoms with Crippen molar-refractivity contribution in [1.29, 1.82) is 0 Å². The molecule has 0 bridgehead atoms. The number of rotatable bonds is 3. The molecule has 0 spiro atoms. The fraction of sp³-hybridized carbons (Fsp3) is 0.400. The number of piperazine rings is 1. The molecule has 1 N–H and O–H groups in total. The molecule has 1 saturated heterocycles. The minimum Gasteiger partial charge on any atom is -0.314 e. The fourth-order valence-corrected chi connectivity index (χ4v) is 2.52. The van der Waals surface area contributed by atoms with Gasteiger partial charge in [-0.15, -0.1) is 12.4 Å². The molecule has 0 unspecified atom stereocenters. The van der Waals surface area contributed by atoms with Crippen molar-refractivity contribution in [1.82, 2.24) is 20.0 Å². The molecule has 20 heavy (non-hydrogen) atoms. The summed E-state index contributed by atoms with van der Waals surface area (Å²) in [7, 11) is 0. The van der Waals surface area contributed by atoms with E-state index in [1.807, 2.05) is 29.1 Å². The van der Waals surface area contributed by atoms with Gasteiger partial charge in [0, 0.05) is 44.0 Å². The van der Waals surface area contributed by atoms with Crippen molar-refractivity contribution in [3.8, 4) is 5.69 Å². The Labute approximate surface area is 126 Å². The van der Waals surface area contributed by atoms with Crippen molar-refractivity contribution in [3.63, 3.8) is 0 Å². The lowest BCUT2D eigenvalue weighted by Crippen LogP contribution is -2.49. The second-order valence-corrected chi connectivity index (χ2v) is 5.15. The zero-order valence-corrected chi connectivity index (χ0v) is 12.5. The lowest BCUT2D eigenvalue weighted by Gasteiger charge is -2.33. The standard InChI is InChI=1S/C15H20N4.ClH/c1-13-9-16-7-8-18(13)11-14-10-17-19(12-14)15-5-3-2-4-6-15;/h2-6,10,12-13,16H,7-9,11H2,1H3;1H/t13-;/m1./s1. The molecule has 1 fully saturated rings. The number of benzene rings is 1. The smallest absolute Gasteiger partial charge is 0.0645 e. The number of hydrogen-bond acceptors (Lipinski definition) is 3. The van der Waals surface area contributed by atoms with Gasteiger partial charge in [0.15, 0.2) is 0 Å². The van der Waals surface area contributed by atoms with Crippen molar-refractivity contribution >= 4 is 12.4 Å². The topological polar surface area (TPSA) is 33.1 Å². The number of nitrogens with zero attached hydrogens (tertiary/aromatic N) is 3. The van der Waals surface area contributed by atoms with E-state index < -0.39 is 0 Å². The first-order chi connectivity index (χ1) is 9.33. The Morgan fingerprint density at radius 3 is 2.85 bits per heavy atom. The van der Waals surface area contributed by atoms with E-state index >= 15 is 0 Å². The molecule has 1 aliphatic heterocycles. The number of hydrogen-bond donors (Lipinski definition) is 1. The Hall–Kier alpha value is -1.36. The van der Waals surface area contributed by atoms with Gasteiger partial charge in [-0.05, 0) is 19.1 Å². The third-order valence-electron chi connectivity index (χ3n) is 3.68. The van der Waals surface area contributed by atoms with Gasteiger partial charge in [-0.1, -0.05) is 18.2 Å². The highest BCUT2D eigenvalue weighted by molar-refractivity contribution is 5.85. The van der Waals surface area contributed by atoms with Crippen LogP contribution in [0.2, 0.25) is 0 Å². The number of nitrogens with one attached hydrogen (secondary N) is 1. The van der Waals surface area contributed by atoms with Crippen LogP contribution in [0.5, 0.6) is 0 Å². The maximum Gasteiger partial charge on any atom is 0.0645 e. The van der Waals surface area contributed by atoms with Crippen LogP contribution < -0.4 is 5.32 Å². The lowest BCUT2D eigenvalue weighted by molar-refractivity contribution is 0.165. The molecule has 0 aliphatic carbocycles. The minimum absolute atomic E-state index is 0. The van der Waals surface area contributed by atoms with Gasteiger partial charge in [-0.25, -0.2) is 4.68 Å². The molecular weight excluding hydrogens is 272 g/mol. The normalized spacial score (nSPS) is 19.6. The Morgan fingerprint density at radius 1 is 1.30 bits per heavy atom. The summed E-state index contributed by atoms with van der Waals surface area (Å²) >= 11 is 0. The average Bonchev–Trinajstić information content (AvgIpc) is 2.91. The first kappa shape index (κ1) is 15.0. The van der Waals surface area contributed by atoms with E-state index in [4.69, 9.17) is 0 Å². The van der Waals surface area contributed by atoms with Gasteiger partial charge in [0.1, 0.15) is 0 Å². The molecule has 1 aromatic carbocycles. The van der Waals surface area contributed by atoms with E-state index in [-0.39, 0.29) is 12.4 Å². The van der Waals surface area contributed by atoms with Crippen LogP contribution >= 0.6 is 12.4 Å². The average molecular weight is 293 g/mol. The van der Waals surface area contributed by atoms with Gasteiger partial charge in [-0.3, -0.25) is 4.90 Å². The van der Waals surface area contributed by atoms with Crippen molar-refractivity contribution in [2.45, 2.75) is 19.5 Å². The van der Waals surface area contributed by atoms with Crippen LogP contribution in [0.15, 0.2) is 42.7 Å². The molecule has 1 atom stereocenters. The number of aromatic nitrogens is 2. The third-order valence-corrected chi connectivity index (χ3v) is 3.68. The highest BCUT2D eigenvalue weighted by atomic mass is 35.5. The molecule has 3 rings (SSSR count). The summed E-state index contributed by atoms with van der Waals surface area (Å²) in [6, 6.07) is 10.8. The maximum atomic E-state index is 4.45. The molecule has 4 nitrogen and oxygen atoms in total. The Balaban J connectivity index is 0.00000147. The minimum atomic E-state index is 0. The second-order valence-electron chi connectivity index (χ2n) is 5.15.